The first-order valence-electron chi connectivity index (χ1n) is 6.22. The lowest BCUT2D eigenvalue weighted by Gasteiger charge is -2.08. The molecule has 0 bridgehead atoms. The Morgan fingerprint density at radius 2 is 2.11 bits per heavy atom. The van der Waals surface area contributed by atoms with E-state index in [-0.39, 0.29) is 12.1 Å². The summed E-state index contributed by atoms with van der Waals surface area (Å²) in [5.41, 5.74) is 0.609. The van der Waals surface area contributed by atoms with Crippen molar-refractivity contribution >= 4 is 17.7 Å². The standard InChI is InChI=1S/C12H20N4O3/c1-8(2)16-7-10(6-14-16)15-12(19)13-5-4-9(3)11(17)18/h6-9H,4-5H2,1-3H3,(H,17,18)(H2,13,15,19). The second-order valence-electron chi connectivity index (χ2n) is 4.71. The summed E-state index contributed by atoms with van der Waals surface area (Å²) in [4.78, 5) is 22.1. The quantitative estimate of drug-likeness (QED) is 0.731. The maximum Gasteiger partial charge on any atom is 0.319 e. The van der Waals surface area contributed by atoms with E-state index in [1.165, 1.54) is 0 Å². The Hall–Kier alpha value is -2.05. The van der Waals surface area contributed by atoms with Gasteiger partial charge in [-0.1, -0.05) is 6.92 Å². The number of hydrogen-bond donors (Lipinski definition) is 3. The van der Waals surface area contributed by atoms with Gasteiger partial charge >= 0.3 is 12.0 Å². The van der Waals surface area contributed by atoms with Gasteiger partial charge in [-0.25, -0.2) is 4.79 Å². The second-order valence-corrected chi connectivity index (χ2v) is 4.71. The smallest absolute Gasteiger partial charge is 0.319 e. The average Bonchev–Trinajstić information content (AvgIpc) is 2.77. The van der Waals surface area contributed by atoms with Crippen LogP contribution in [-0.2, 0) is 4.79 Å². The van der Waals surface area contributed by atoms with Gasteiger partial charge < -0.3 is 15.7 Å². The van der Waals surface area contributed by atoms with Crippen LogP contribution in [0.2, 0.25) is 0 Å². The maximum atomic E-state index is 11.5. The Balaban J connectivity index is 2.32. The highest BCUT2D eigenvalue weighted by atomic mass is 16.4. The molecule has 3 N–H and O–H groups in total. The molecule has 7 nitrogen and oxygen atoms in total. The number of rotatable bonds is 6. The molecule has 0 radical (unpaired) electrons. The zero-order chi connectivity index (χ0) is 14.4. The van der Waals surface area contributed by atoms with E-state index >= 15 is 0 Å². The number of urea groups is 1. The Morgan fingerprint density at radius 1 is 1.42 bits per heavy atom. The Kier molecular flexibility index (Phi) is 5.35. The molecule has 1 aromatic heterocycles. The number of amides is 2. The molecule has 0 fully saturated rings. The fourth-order valence-electron chi connectivity index (χ4n) is 1.39. The first kappa shape index (κ1) is 15.0. The van der Waals surface area contributed by atoms with Crippen LogP contribution in [0.25, 0.3) is 0 Å². The highest BCUT2D eigenvalue weighted by Gasteiger charge is 2.11. The van der Waals surface area contributed by atoms with Crippen LogP contribution in [0.1, 0.15) is 33.2 Å². The molecule has 1 unspecified atom stereocenters. The van der Waals surface area contributed by atoms with Crippen molar-refractivity contribution in [3.8, 4) is 0 Å². The van der Waals surface area contributed by atoms with Crippen molar-refractivity contribution in [2.24, 2.45) is 5.92 Å². The molecule has 0 saturated heterocycles. The van der Waals surface area contributed by atoms with Crippen molar-refractivity contribution in [3.05, 3.63) is 12.4 Å². The van der Waals surface area contributed by atoms with Crippen LogP contribution in [0.15, 0.2) is 12.4 Å². The lowest BCUT2D eigenvalue weighted by atomic mass is 10.1. The van der Waals surface area contributed by atoms with Gasteiger partial charge in [-0.15, -0.1) is 0 Å². The van der Waals surface area contributed by atoms with E-state index in [1.807, 2.05) is 13.8 Å². The molecule has 19 heavy (non-hydrogen) atoms. The van der Waals surface area contributed by atoms with E-state index in [0.717, 1.165) is 0 Å². The van der Waals surface area contributed by atoms with Crippen LogP contribution in [0.4, 0.5) is 10.5 Å². The largest absolute Gasteiger partial charge is 0.481 e. The summed E-state index contributed by atoms with van der Waals surface area (Å²) in [7, 11) is 0. The zero-order valence-electron chi connectivity index (χ0n) is 11.4. The third kappa shape index (κ3) is 4.99. The molecule has 0 aliphatic rings. The predicted molar refractivity (Wildman–Crippen MR) is 71.1 cm³/mol. The predicted octanol–water partition coefficient (Wildman–Crippen LogP) is 1.70. The monoisotopic (exact) mass is 268 g/mol. The number of aromatic nitrogens is 2. The SMILES string of the molecule is CC(CCNC(=O)Nc1cnn(C(C)C)c1)C(=O)O. The summed E-state index contributed by atoms with van der Waals surface area (Å²) < 4.78 is 1.74. The average molecular weight is 268 g/mol. The lowest BCUT2D eigenvalue weighted by molar-refractivity contribution is -0.141. The van der Waals surface area contributed by atoms with E-state index in [2.05, 4.69) is 15.7 Å². The molecule has 0 aromatic carbocycles. The van der Waals surface area contributed by atoms with Crippen molar-refractivity contribution in [3.63, 3.8) is 0 Å². The van der Waals surface area contributed by atoms with Gasteiger partial charge in [-0.05, 0) is 20.3 Å². The third-order valence-electron chi connectivity index (χ3n) is 2.67. The van der Waals surface area contributed by atoms with Crippen molar-refractivity contribution in [2.45, 2.75) is 33.2 Å². The zero-order valence-corrected chi connectivity index (χ0v) is 11.4. The first-order chi connectivity index (χ1) is 8.90. The van der Waals surface area contributed by atoms with E-state index < -0.39 is 11.9 Å². The van der Waals surface area contributed by atoms with Crippen molar-refractivity contribution in [2.75, 3.05) is 11.9 Å². The molecule has 0 saturated carbocycles. The minimum atomic E-state index is -0.861. The van der Waals surface area contributed by atoms with Crippen molar-refractivity contribution < 1.29 is 14.7 Å². The molecule has 0 aliphatic heterocycles. The molecule has 1 atom stereocenters. The van der Waals surface area contributed by atoms with Gasteiger partial charge in [0.1, 0.15) is 0 Å². The number of aliphatic carboxylic acids is 1. The van der Waals surface area contributed by atoms with Gasteiger partial charge in [0, 0.05) is 18.8 Å². The van der Waals surface area contributed by atoms with Gasteiger partial charge in [0.05, 0.1) is 17.8 Å². The van der Waals surface area contributed by atoms with E-state index in [0.29, 0.717) is 18.7 Å². The molecular weight excluding hydrogens is 248 g/mol. The number of nitrogens with one attached hydrogen (secondary N) is 2. The Morgan fingerprint density at radius 3 is 2.63 bits per heavy atom. The highest BCUT2D eigenvalue weighted by molar-refractivity contribution is 5.88. The molecule has 1 rings (SSSR count). The fraction of sp³-hybridized carbons (Fsp3) is 0.583. The molecule has 7 heteroatoms. The molecular formula is C12H20N4O3. The molecule has 1 heterocycles. The minimum Gasteiger partial charge on any atom is -0.481 e. The molecule has 0 spiro atoms. The fourth-order valence-corrected chi connectivity index (χ4v) is 1.39. The molecule has 106 valence electrons. The van der Waals surface area contributed by atoms with E-state index in [9.17, 15) is 9.59 Å². The number of carboxylic acids is 1. The Bertz CT molecular complexity index is 442. The summed E-state index contributed by atoms with van der Waals surface area (Å²) in [6.45, 7) is 5.90. The van der Waals surface area contributed by atoms with Crippen LogP contribution in [0.5, 0.6) is 0 Å². The van der Waals surface area contributed by atoms with E-state index in [4.69, 9.17) is 5.11 Å². The minimum absolute atomic E-state index is 0.232. The summed E-state index contributed by atoms with van der Waals surface area (Å²) in [5, 5.41) is 18.0. The number of nitrogens with zero attached hydrogens (tertiary/aromatic N) is 2. The van der Waals surface area contributed by atoms with Gasteiger partial charge in [0.25, 0.3) is 0 Å². The normalized spacial score (nSPS) is 12.2. The maximum absolute atomic E-state index is 11.5. The number of carboxylic acid groups (broad SMARTS) is 1. The van der Waals surface area contributed by atoms with Crippen LogP contribution in [0.3, 0.4) is 0 Å². The number of anilines is 1. The number of hydrogen-bond acceptors (Lipinski definition) is 3. The summed E-state index contributed by atoms with van der Waals surface area (Å²) in [6.07, 6.45) is 3.71. The molecule has 1 aromatic rings. The topological polar surface area (TPSA) is 96.3 Å². The number of carbonyl (C=O) groups is 2. The number of carbonyl (C=O) groups excluding carboxylic acids is 1. The summed E-state index contributed by atoms with van der Waals surface area (Å²) in [5.74, 6) is -1.33. The van der Waals surface area contributed by atoms with Gasteiger partial charge in [-0.3, -0.25) is 9.48 Å². The Labute approximate surface area is 112 Å². The first-order valence-corrected chi connectivity index (χ1v) is 6.22. The highest BCUT2D eigenvalue weighted by Crippen LogP contribution is 2.09. The van der Waals surface area contributed by atoms with Crippen LogP contribution < -0.4 is 10.6 Å². The molecule has 0 aliphatic carbocycles. The van der Waals surface area contributed by atoms with Crippen molar-refractivity contribution in [1.82, 2.24) is 15.1 Å². The van der Waals surface area contributed by atoms with Crippen LogP contribution in [-0.4, -0.2) is 33.4 Å². The lowest BCUT2D eigenvalue weighted by Crippen LogP contribution is -2.31. The molecule has 2 amide bonds. The van der Waals surface area contributed by atoms with E-state index in [1.54, 1.807) is 24.0 Å². The van der Waals surface area contributed by atoms with Crippen molar-refractivity contribution in [1.29, 1.82) is 0 Å². The third-order valence-corrected chi connectivity index (χ3v) is 2.67. The van der Waals surface area contributed by atoms with Gasteiger partial charge in [0.15, 0.2) is 0 Å². The summed E-state index contributed by atoms with van der Waals surface area (Å²) in [6, 6.07) is -0.129. The summed E-state index contributed by atoms with van der Waals surface area (Å²) >= 11 is 0. The van der Waals surface area contributed by atoms with Crippen LogP contribution in [0, 0.1) is 5.92 Å². The van der Waals surface area contributed by atoms with Gasteiger partial charge in [0.2, 0.25) is 0 Å². The second kappa shape index (κ2) is 6.77. The van der Waals surface area contributed by atoms with Crippen LogP contribution >= 0.6 is 0 Å². The van der Waals surface area contributed by atoms with Gasteiger partial charge in [-0.2, -0.15) is 5.10 Å².